The quantitative estimate of drug-likeness (QED) is 0.722. The van der Waals surface area contributed by atoms with Gasteiger partial charge in [-0.15, -0.1) is 0 Å². The van der Waals surface area contributed by atoms with Crippen molar-refractivity contribution in [3.8, 4) is 11.5 Å². The van der Waals surface area contributed by atoms with E-state index in [9.17, 15) is 9.59 Å². The van der Waals surface area contributed by atoms with E-state index in [1.165, 1.54) is 0 Å². The minimum absolute atomic E-state index is 0.206. The molecule has 132 valence electrons. The Hall–Kier alpha value is -2.54. The largest absolute Gasteiger partial charge is 0.493 e. The van der Waals surface area contributed by atoms with Crippen LogP contribution >= 0.6 is 15.9 Å². The third-order valence-corrected chi connectivity index (χ3v) is 3.75. The highest BCUT2D eigenvalue weighted by atomic mass is 79.9. The first-order chi connectivity index (χ1) is 12.0. The molecule has 0 radical (unpaired) electrons. The molecule has 0 spiro atoms. The molecule has 0 bridgehead atoms. The molecule has 2 N–H and O–H groups in total. The Labute approximate surface area is 154 Å². The van der Waals surface area contributed by atoms with Crippen LogP contribution in [0.1, 0.15) is 22.8 Å². The van der Waals surface area contributed by atoms with E-state index in [2.05, 4.69) is 26.8 Å². The number of ether oxygens (including phenoxy) is 2. The van der Waals surface area contributed by atoms with Crippen molar-refractivity contribution in [1.82, 2.24) is 10.9 Å². The summed E-state index contributed by atoms with van der Waals surface area (Å²) in [7, 11) is 0. The van der Waals surface area contributed by atoms with E-state index in [0.717, 1.165) is 10.0 Å². The molecule has 2 amide bonds. The number of nitrogens with one attached hydrogen (secondary N) is 2. The van der Waals surface area contributed by atoms with Crippen LogP contribution in [-0.4, -0.2) is 25.0 Å². The number of hydrogen-bond donors (Lipinski definition) is 2. The lowest BCUT2D eigenvalue weighted by atomic mass is 10.2. The van der Waals surface area contributed by atoms with E-state index in [-0.39, 0.29) is 6.61 Å². The monoisotopic (exact) mass is 406 g/mol. The highest BCUT2D eigenvalue weighted by molar-refractivity contribution is 9.10. The number of aryl methyl sites for hydroxylation is 1. The van der Waals surface area contributed by atoms with Crippen molar-refractivity contribution in [3.63, 3.8) is 0 Å². The lowest BCUT2D eigenvalue weighted by Crippen LogP contribution is -2.44. The molecule has 0 aromatic heterocycles. The van der Waals surface area contributed by atoms with E-state index in [4.69, 9.17) is 9.47 Å². The SMILES string of the molecule is CCOc1ccc(Br)cc1C(=O)NNC(=O)COc1ccccc1C. The van der Waals surface area contributed by atoms with Gasteiger partial charge < -0.3 is 9.47 Å². The van der Waals surface area contributed by atoms with Gasteiger partial charge in [0, 0.05) is 4.47 Å². The molecule has 2 rings (SSSR count). The Kier molecular flexibility index (Phi) is 6.82. The number of hydrogen-bond acceptors (Lipinski definition) is 4. The number of carbonyl (C=O) groups excluding carboxylic acids is 2. The minimum atomic E-state index is -0.478. The zero-order valence-corrected chi connectivity index (χ0v) is 15.6. The number of hydrazine groups is 1. The van der Waals surface area contributed by atoms with Gasteiger partial charge in [-0.1, -0.05) is 34.1 Å². The second-order valence-electron chi connectivity index (χ2n) is 5.13. The number of carbonyl (C=O) groups is 2. The van der Waals surface area contributed by atoms with Gasteiger partial charge in [0.2, 0.25) is 0 Å². The van der Waals surface area contributed by atoms with Crippen molar-refractivity contribution in [3.05, 3.63) is 58.1 Å². The number of benzene rings is 2. The van der Waals surface area contributed by atoms with Crippen LogP contribution in [0.5, 0.6) is 11.5 Å². The standard InChI is InChI=1S/C18H19BrN2O4/c1-3-24-16-9-8-13(19)10-14(16)18(23)21-20-17(22)11-25-15-7-5-4-6-12(15)2/h4-10H,3,11H2,1-2H3,(H,20,22)(H,21,23). The Morgan fingerprint density at radius 2 is 1.80 bits per heavy atom. The Morgan fingerprint density at radius 1 is 1.04 bits per heavy atom. The normalized spacial score (nSPS) is 10.0. The number of para-hydroxylation sites is 1. The molecule has 0 atom stereocenters. The predicted octanol–water partition coefficient (Wildman–Crippen LogP) is 3.00. The molecule has 0 fully saturated rings. The first-order valence-corrected chi connectivity index (χ1v) is 8.50. The molecule has 0 saturated carbocycles. The van der Waals surface area contributed by atoms with Crippen LogP contribution in [0.15, 0.2) is 46.9 Å². The average molecular weight is 407 g/mol. The van der Waals surface area contributed by atoms with Gasteiger partial charge in [0.15, 0.2) is 6.61 Å². The van der Waals surface area contributed by atoms with Crippen molar-refractivity contribution < 1.29 is 19.1 Å². The summed E-state index contributed by atoms with van der Waals surface area (Å²) in [6.07, 6.45) is 0. The summed E-state index contributed by atoms with van der Waals surface area (Å²) in [5.41, 5.74) is 5.92. The second-order valence-corrected chi connectivity index (χ2v) is 6.05. The van der Waals surface area contributed by atoms with Crippen LogP contribution < -0.4 is 20.3 Å². The first-order valence-electron chi connectivity index (χ1n) is 7.71. The van der Waals surface area contributed by atoms with Crippen LogP contribution in [0, 0.1) is 6.92 Å². The third-order valence-electron chi connectivity index (χ3n) is 3.25. The summed E-state index contributed by atoms with van der Waals surface area (Å²) in [5.74, 6) is 0.113. The summed E-state index contributed by atoms with van der Waals surface area (Å²) >= 11 is 3.31. The minimum Gasteiger partial charge on any atom is -0.493 e. The maximum Gasteiger partial charge on any atom is 0.276 e. The highest BCUT2D eigenvalue weighted by Gasteiger charge is 2.14. The van der Waals surface area contributed by atoms with E-state index < -0.39 is 11.8 Å². The molecule has 2 aromatic carbocycles. The molecule has 2 aromatic rings. The number of halogens is 1. The molecule has 6 nitrogen and oxygen atoms in total. The molecule has 0 heterocycles. The fraction of sp³-hybridized carbons (Fsp3) is 0.222. The van der Waals surface area contributed by atoms with Crippen molar-refractivity contribution >= 4 is 27.7 Å². The smallest absolute Gasteiger partial charge is 0.276 e. The zero-order chi connectivity index (χ0) is 18.2. The summed E-state index contributed by atoms with van der Waals surface area (Å²) in [5, 5.41) is 0. The predicted molar refractivity (Wildman–Crippen MR) is 97.6 cm³/mol. The maximum atomic E-state index is 12.3. The zero-order valence-electron chi connectivity index (χ0n) is 14.0. The topological polar surface area (TPSA) is 76.7 Å². The third kappa shape index (κ3) is 5.49. The number of amides is 2. The van der Waals surface area contributed by atoms with Crippen LogP contribution in [0.2, 0.25) is 0 Å². The highest BCUT2D eigenvalue weighted by Crippen LogP contribution is 2.23. The van der Waals surface area contributed by atoms with Gasteiger partial charge >= 0.3 is 0 Å². The van der Waals surface area contributed by atoms with E-state index in [1.54, 1.807) is 24.3 Å². The molecule has 0 aliphatic carbocycles. The lowest BCUT2D eigenvalue weighted by molar-refractivity contribution is -0.123. The Bertz CT molecular complexity index is 764. The van der Waals surface area contributed by atoms with E-state index in [1.807, 2.05) is 32.0 Å². The van der Waals surface area contributed by atoms with Gasteiger partial charge in [-0.3, -0.25) is 20.4 Å². The molecule has 0 aliphatic heterocycles. The van der Waals surface area contributed by atoms with Crippen LogP contribution in [0.3, 0.4) is 0 Å². The Balaban J connectivity index is 1.90. The molecular formula is C18H19BrN2O4. The van der Waals surface area contributed by atoms with Crippen LogP contribution in [0.25, 0.3) is 0 Å². The summed E-state index contributed by atoms with van der Waals surface area (Å²) in [6, 6.07) is 12.5. The first kappa shape index (κ1) is 18.8. The van der Waals surface area contributed by atoms with E-state index >= 15 is 0 Å². The Morgan fingerprint density at radius 3 is 2.52 bits per heavy atom. The fourth-order valence-electron chi connectivity index (χ4n) is 2.05. The molecule has 0 aliphatic rings. The second kappa shape index (κ2) is 9.08. The molecule has 25 heavy (non-hydrogen) atoms. The van der Waals surface area contributed by atoms with Crippen LogP contribution in [-0.2, 0) is 4.79 Å². The molecule has 0 unspecified atom stereocenters. The van der Waals surface area contributed by atoms with Crippen molar-refractivity contribution in [2.75, 3.05) is 13.2 Å². The van der Waals surface area contributed by atoms with Gasteiger partial charge in [0.05, 0.1) is 12.2 Å². The maximum absolute atomic E-state index is 12.3. The molecule has 7 heteroatoms. The molecule has 0 saturated heterocycles. The van der Waals surface area contributed by atoms with E-state index in [0.29, 0.717) is 23.7 Å². The van der Waals surface area contributed by atoms with Crippen molar-refractivity contribution in [2.45, 2.75) is 13.8 Å². The number of rotatable bonds is 6. The van der Waals surface area contributed by atoms with Crippen molar-refractivity contribution in [2.24, 2.45) is 0 Å². The van der Waals surface area contributed by atoms with Crippen molar-refractivity contribution in [1.29, 1.82) is 0 Å². The summed E-state index contributed by atoms with van der Waals surface area (Å²) in [4.78, 5) is 24.1. The van der Waals surface area contributed by atoms with Gasteiger partial charge in [0.25, 0.3) is 11.8 Å². The average Bonchev–Trinajstić information content (AvgIpc) is 2.60. The summed E-state index contributed by atoms with van der Waals surface area (Å²) < 4.78 is 11.6. The van der Waals surface area contributed by atoms with Gasteiger partial charge in [0.1, 0.15) is 11.5 Å². The fourth-order valence-corrected chi connectivity index (χ4v) is 2.41. The summed E-state index contributed by atoms with van der Waals surface area (Å²) in [6.45, 7) is 3.94. The van der Waals surface area contributed by atoms with Gasteiger partial charge in [-0.2, -0.15) is 0 Å². The molecular weight excluding hydrogens is 388 g/mol. The van der Waals surface area contributed by atoms with Gasteiger partial charge in [-0.25, -0.2) is 0 Å². The lowest BCUT2D eigenvalue weighted by Gasteiger charge is -2.12. The van der Waals surface area contributed by atoms with Gasteiger partial charge in [-0.05, 0) is 43.7 Å². The van der Waals surface area contributed by atoms with Crippen LogP contribution in [0.4, 0.5) is 0 Å².